The standard InChI is InChI=1S/C15H15F3N2O6S/c1-3-25-14(21)9-4-8-5-11(24-2)12(7-10(8)20-13(19)6-9)26-27(22,23)15(16,17)18/h4-5,7H,3,6H2,1-2H3,(H2,19,20). The normalized spacial score (nSPS) is 14.4. The molecule has 0 aromatic heterocycles. The maximum atomic E-state index is 12.6. The number of methoxy groups -OCH3 is 1. The van der Waals surface area contributed by atoms with Gasteiger partial charge in [-0.3, -0.25) is 0 Å². The second-order valence-electron chi connectivity index (χ2n) is 5.22. The van der Waals surface area contributed by atoms with Crippen molar-refractivity contribution in [3.8, 4) is 11.5 Å². The van der Waals surface area contributed by atoms with Gasteiger partial charge in [0.15, 0.2) is 11.5 Å². The predicted molar refractivity (Wildman–Crippen MR) is 89.1 cm³/mol. The summed E-state index contributed by atoms with van der Waals surface area (Å²) in [4.78, 5) is 15.9. The molecule has 12 heteroatoms. The summed E-state index contributed by atoms with van der Waals surface area (Å²) < 4.78 is 74.2. The highest BCUT2D eigenvalue weighted by molar-refractivity contribution is 7.88. The molecule has 0 fully saturated rings. The van der Waals surface area contributed by atoms with E-state index in [2.05, 4.69) is 9.18 Å². The number of amidine groups is 1. The topological polar surface area (TPSA) is 117 Å². The minimum atomic E-state index is -5.91. The molecule has 0 saturated carbocycles. The minimum Gasteiger partial charge on any atom is -0.493 e. The van der Waals surface area contributed by atoms with Crippen LogP contribution in [0.15, 0.2) is 22.7 Å². The van der Waals surface area contributed by atoms with Gasteiger partial charge in [0.1, 0.15) is 5.84 Å². The summed E-state index contributed by atoms with van der Waals surface area (Å²) in [6.07, 6.45) is 1.31. The SMILES string of the molecule is CCOC(=O)C1=Cc2cc(OC)c(OS(=O)(=O)C(F)(F)F)cc2N=C(N)C1. The van der Waals surface area contributed by atoms with Crippen LogP contribution in [0.25, 0.3) is 6.08 Å². The maximum absolute atomic E-state index is 12.6. The number of rotatable bonds is 5. The molecule has 1 aromatic rings. The van der Waals surface area contributed by atoms with Crippen LogP contribution in [0.3, 0.4) is 0 Å². The number of benzene rings is 1. The van der Waals surface area contributed by atoms with E-state index < -0.39 is 27.3 Å². The third kappa shape index (κ3) is 4.51. The zero-order valence-corrected chi connectivity index (χ0v) is 15.0. The Labute approximate surface area is 152 Å². The highest BCUT2D eigenvalue weighted by Gasteiger charge is 2.49. The van der Waals surface area contributed by atoms with E-state index in [0.717, 1.165) is 13.2 Å². The molecule has 2 rings (SSSR count). The summed E-state index contributed by atoms with van der Waals surface area (Å²) in [7, 11) is -4.80. The third-order valence-electron chi connectivity index (χ3n) is 3.30. The van der Waals surface area contributed by atoms with Gasteiger partial charge in [-0.05, 0) is 19.1 Å². The van der Waals surface area contributed by atoms with Crippen molar-refractivity contribution >= 4 is 33.7 Å². The average molecular weight is 408 g/mol. The Morgan fingerprint density at radius 3 is 2.52 bits per heavy atom. The lowest BCUT2D eigenvalue weighted by Gasteiger charge is -2.14. The lowest BCUT2D eigenvalue weighted by molar-refractivity contribution is -0.138. The molecule has 1 aromatic carbocycles. The highest BCUT2D eigenvalue weighted by atomic mass is 32.2. The number of hydrogen-bond donors (Lipinski definition) is 1. The number of nitrogens with two attached hydrogens (primary N) is 1. The van der Waals surface area contributed by atoms with E-state index in [-0.39, 0.29) is 41.4 Å². The summed E-state index contributed by atoms with van der Waals surface area (Å²) in [5.41, 5.74) is 0.520. The van der Waals surface area contributed by atoms with Gasteiger partial charge in [-0.15, -0.1) is 0 Å². The first-order valence-corrected chi connectivity index (χ1v) is 8.82. The van der Waals surface area contributed by atoms with E-state index in [1.165, 1.54) is 12.1 Å². The van der Waals surface area contributed by atoms with Crippen LogP contribution >= 0.6 is 0 Å². The van der Waals surface area contributed by atoms with Crippen LogP contribution in [-0.4, -0.2) is 39.4 Å². The molecule has 0 aliphatic carbocycles. The molecule has 0 unspecified atom stereocenters. The van der Waals surface area contributed by atoms with Gasteiger partial charge in [-0.25, -0.2) is 9.79 Å². The Kier molecular flexibility index (Phi) is 5.68. The van der Waals surface area contributed by atoms with E-state index >= 15 is 0 Å². The van der Waals surface area contributed by atoms with Crippen LogP contribution in [0.4, 0.5) is 18.9 Å². The molecule has 1 aliphatic rings. The Bertz CT molecular complexity index is 922. The molecule has 0 bridgehead atoms. The molecule has 0 radical (unpaired) electrons. The van der Waals surface area contributed by atoms with Gasteiger partial charge in [0.05, 0.1) is 19.4 Å². The van der Waals surface area contributed by atoms with Gasteiger partial charge in [0.2, 0.25) is 0 Å². The molecular formula is C15H15F3N2O6S. The first-order chi connectivity index (χ1) is 12.5. The van der Waals surface area contributed by atoms with Crippen LogP contribution in [0, 0.1) is 0 Å². The maximum Gasteiger partial charge on any atom is 0.534 e. The fourth-order valence-corrected chi connectivity index (χ4v) is 2.61. The van der Waals surface area contributed by atoms with Crippen LogP contribution in [0.5, 0.6) is 11.5 Å². The van der Waals surface area contributed by atoms with Crippen molar-refractivity contribution in [2.45, 2.75) is 18.9 Å². The number of ether oxygens (including phenoxy) is 2. The first kappa shape index (κ1) is 20.6. The number of carbonyl (C=O) groups excluding carboxylic acids is 1. The third-order valence-corrected chi connectivity index (χ3v) is 4.26. The van der Waals surface area contributed by atoms with Crippen LogP contribution in [-0.2, 0) is 19.6 Å². The van der Waals surface area contributed by atoms with E-state index in [9.17, 15) is 26.4 Å². The molecule has 2 N–H and O–H groups in total. The van der Waals surface area contributed by atoms with E-state index in [4.69, 9.17) is 15.2 Å². The second kappa shape index (κ2) is 7.47. The lowest BCUT2D eigenvalue weighted by atomic mass is 10.1. The fraction of sp³-hybridized carbons (Fsp3) is 0.333. The van der Waals surface area contributed by atoms with Crippen LogP contribution in [0.1, 0.15) is 18.9 Å². The fourth-order valence-electron chi connectivity index (χ4n) is 2.15. The number of aliphatic imine (C=N–C) groups is 1. The molecule has 1 heterocycles. The van der Waals surface area contributed by atoms with Gasteiger partial charge in [-0.2, -0.15) is 21.6 Å². The Morgan fingerprint density at radius 2 is 1.96 bits per heavy atom. The van der Waals surface area contributed by atoms with Crippen molar-refractivity contribution in [2.24, 2.45) is 10.7 Å². The van der Waals surface area contributed by atoms with Crippen molar-refractivity contribution in [1.29, 1.82) is 0 Å². The van der Waals surface area contributed by atoms with E-state index in [1.54, 1.807) is 6.92 Å². The number of esters is 1. The summed E-state index contributed by atoms with van der Waals surface area (Å²) in [5, 5.41) is 0. The molecular weight excluding hydrogens is 393 g/mol. The molecule has 8 nitrogen and oxygen atoms in total. The van der Waals surface area contributed by atoms with Gasteiger partial charge in [0.25, 0.3) is 0 Å². The molecule has 27 heavy (non-hydrogen) atoms. The summed E-state index contributed by atoms with van der Waals surface area (Å²) in [5.74, 6) is -1.69. The van der Waals surface area contributed by atoms with Crippen molar-refractivity contribution in [3.63, 3.8) is 0 Å². The number of fused-ring (bicyclic) bond motifs is 1. The predicted octanol–water partition coefficient (Wildman–Crippen LogP) is 2.26. The van der Waals surface area contributed by atoms with E-state index in [0.29, 0.717) is 0 Å². The molecule has 0 saturated heterocycles. The zero-order valence-electron chi connectivity index (χ0n) is 14.2. The van der Waals surface area contributed by atoms with E-state index in [1.807, 2.05) is 0 Å². The summed E-state index contributed by atoms with van der Waals surface area (Å²) in [6, 6.07) is 2.10. The average Bonchev–Trinajstić information content (AvgIpc) is 2.70. The van der Waals surface area contributed by atoms with Crippen LogP contribution < -0.4 is 14.7 Å². The van der Waals surface area contributed by atoms with Gasteiger partial charge in [0, 0.05) is 23.6 Å². The summed E-state index contributed by atoms with van der Waals surface area (Å²) >= 11 is 0. The quantitative estimate of drug-likeness (QED) is 0.451. The molecule has 148 valence electrons. The first-order valence-electron chi connectivity index (χ1n) is 7.42. The Morgan fingerprint density at radius 1 is 1.30 bits per heavy atom. The van der Waals surface area contributed by atoms with Crippen LogP contribution in [0.2, 0.25) is 0 Å². The zero-order chi connectivity index (χ0) is 20.4. The van der Waals surface area contributed by atoms with Crippen molar-refractivity contribution in [2.75, 3.05) is 13.7 Å². The smallest absolute Gasteiger partial charge is 0.493 e. The molecule has 0 atom stereocenters. The van der Waals surface area contributed by atoms with Crippen molar-refractivity contribution in [1.82, 2.24) is 0 Å². The second-order valence-corrected chi connectivity index (χ2v) is 6.75. The number of carbonyl (C=O) groups is 1. The monoisotopic (exact) mass is 408 g/mol. The van der Waals surface area contributed by atoms with Gasteiger partial charge in [-0.1, -0.05) is 0 Å². The molecule has 0 spiro atoms. The van der Waals surface area contributed by atoms with Gasteiger partial charge < -0.3 is 19.4 Å². The van der Waals surface area contributed by atoms with Gasteiger partial charge >= 0.3 is 21.6 Å². The van der Waals surface area contributed by atoms with Crippen molar-refractivity contribution < 1.29 is 40.0 Å². The molecule has 1 aliphatic heterocycles. The largest absolute Gasteiger partial charge is 0.534 e. The number of hydrogen-bond acceptors (Lipinski definition) is 8. The minimum absolute atomic E-state index is 0.0000250. The Hall–Kier alpha value is -2.76. The number of alkyl halides is 3. The molecule has 0 amide bonds. The van der Waals surface area contributed by atoms with Crippen molar-refractivity contribution in [3.05, 3.63) is 23.3 Å². The number of halogens is 3. The number of nitrogens with zero attached hydrogens (tertiary/aromatic N) is 1. The lowest BCUT2D eigenvalue weighted by Crippen LogP contribution is -2.28. The summed E-state index contributed by atoms with van der Waals surface area (Å²) in [6.45, 7) is 1.75. The highest BCUT2D eigenvalue weighted by Crippen LogP contribution is 2.40. The Balaban J connectivity index is 2.56.